The Morgan fingerprint density at radius 3 is 2.47 bits per heavy atom. The number of hydrogen-bond donors (Lipinski definition) is 2. The van der Waals surface area contributed by atoms with Crippen LogP contribution in [0.5, 0.6) is 0 Å². The molecule has 2 fully saturated rings. The van der Waals surface area contributed by atoms with E-state index in [-0.39, 0.29) is 11.6 Å². The summed E-state index contributed by atoms with van der Waals surface area (Å²) in [5.74, 6) is -0.695. The number of nitrogens with zero attached hydrogens (tertiary/aromatic N) is 1. The second-order valence-electron chi connectivity index (χ2n) is 5.48. The molecule has 2 aliphatic rings. The Labute approximate surface area is 111 Å². The summed E-state index contributed by atoms with van der Waals surface area (Å²) in [6.45, 7) is 1.83. The normalized spacial score (nSPS) is 25.9. The van der Waals surface area contributed by atoms with Gasteiger partial charge in [0.05, 0.1) is 5.69 Å². The highest BCUT2D eigenvalue weighted by atomic mass is 19.1. The second-order valence-corrected chi connectivity index (χ2v) is 5.48. The van der Waals surface area contributed by atoms with E-state index in [1.54, 1.807) is 0 Å². The van der Waals surface area contributed by atoms with E-state index in [0.29, 0.717) is 36.3 Å². The van der Waals surface area contributed by atoms with Crippen LogP contribution in [0.3, 0.4) is 0 Å². The van der Waals surface area contributed by atoms with Gasteiger partial charge in [0.1, 0.15) is 11.6 Å². The number of nitrogens with two attached hydrogens (primary N) is 1. The average molecular weight is 267 g/mol. The van der Waals surface area contributed by atoms with Crippen LogP contribution in [-0.2, 0) is 6.42 Å². The van der Waals surface area contributed by atoms with Crippen molar-refractivity contribution in [2.45, 2.75) is 31.3 Å². The number of halogens is 2. The highest BCUT2D eigenvalue weighted by Crippen LogP contribution is 2.29. The largest absolute Gasteiger partial charge is 0.366 e. The van der Waals surface area contributed by atoms with Crippen molar-refractivity contribution >= 4 is 5.69 Å². The lowest BCUT2D eigenvalue weighted by molar-refractivity contribution is 0.459. The summed E-state index contributed by atoms with van der Waals surface area (Å²) in [4.78, 5) is 1.96. The van der Waals surface area contributed by atoms with Crippen molar-refractivity contribution in [1.82, 2.24) is 5.32 Å². The van der Waals surface area contributed by atoms with Crippen LogP contribution in [0.25, 0.3) is 0 Å². The maximum atomic E-state index is 14.1. The predicted octanol–water partition coefficient (Wildman–Crippen LogP) is 1.41. The third kappa shape index (κ3) is 2.44. The van der Waals surface area contributed by atoms with Gasteiger partial charge in [0.25, 0.3) is 0 Å². The number of benzene rings is 1. The zero-order valence-corrected chi connectivity index (χ0v) is 10.8. The molecule has 104 valence electrons. The van der Waals surface area contributed by atoms with E-state index in [4.69, 9.17) is 5.73 Å². The summed E-state index contributed by atoms with van der Waals surface area (Å²) in [5.41, 5.74) is 6.15. The number of hydrogen-bond acceptors (Lipinski definition) is 3. The van der Waals surface area contributed by atoms with E-state index in [1.165, 1.54) is 12.1 Å². The monoisotopic (exact) mass is 267 g/mol. The fraction of sp³-hybridized carbons (Fsp3) is 0.571. The lowest BCUT2D eigenvalue weighted by Crippen LogP contribution is -2.51. The third-order valence-electron chi connectivity index (χ3n) is 4.09. The van der Waals surface area contributed by atoms with Crippen LogP contribution in [0.2, 0.25) is 0 Å². The van der Waals surface area contributed by atoms with Gasteiger partial charge in [-0.15, -0.1) is 0 Å². The van der Waals surface area contributed by atoms with Gasteiger partial charge in [0.15, 0.2) is 0 Å². The summed E-state index contributed by atoms with van der Waals surface area (Å²) in [6.07, 6.45) is 2.61. The molecular weight excluding hydrogens is 248 g/mol. The Bertz CT molecular complexity index is 466. The topological polar surface area (TPSA) is 41.3 Å². The van der Waals surface area contributed by atoms with Crippen molar-refractivity contribution < 1.29 is 8.78 Å². The zero-order chi connectivity index (χ0) is 13.4. The molecule has 3 rings (SSSR count). The summed E-state index contributed by atoms with van der Waals surface area (Å²) < 4.78 is 28.1. The van der Waals surface area contributed by atoms with Gasteiger partial charge in [-0.05, 0) is 37.4 Å². The van der Waals surface area contributed by atoms with Crippen molar-refractivity contribution in [3.05, 3.63) is 29.3 Å². The zero-order valence-electron chi connectivity index (χ0n) is 10.8. The first-order chi connectivity index (χ1) is 9.17. The van der Waals surface area contributed by atoms with E-state index in [0.717, 1.165) is 25.9 Å². The summed E-state index contributed by atoms with van der Waals surface area (Å²) in [6, 6.07) is 3.43. The Balaban J connectivity index is 1.86. The summed E-state index contributed by atoms with van der Waals surface area (Å²) >= 11 is 0. The smallest absolute Gasteiger partial charge is 0.146 e. The summed E-state index contributed by atoms with van der Waals surface area (Å²) in [7, 11) is 0. The molecule has 0 aromatic heterocycles. The van der Waals surface area contributed by atoms with Crippen molar-refractivity contribution in [3.63, 3.8) is 0 Å². The average Bonchev–Trinajstić information content (AvgIpc) is 2.72. The quantitative estimate of drug-likeness (QED) is 0.870. The number of anilines is 1. The Hall–Kier alpha value is -1.20. The molecule has 3 nitrogen and oxygen atoms in total. The van der Waals surface area contributed by atoms with Gasteiger partial charge < -0.3 is 16.0 Å². The van der Waals surface area contributed by atoms with Crippen LogP contribution < -0.4 is 16.0 Å². The van der Waals surface area contributed by atoms with Crippen LogP contribution in [0.4, 0.5) is 14.5 Å². The Morgan fingerprint density at radius 2 is 1.84 bits per heavy atom. The highest BCUT2D eigenvalue weighted by molar-refractivity contribution is 5.51. The first-order valence-electron chi connectivity index (χ1n) is 6.86. The van der Waals surface area contributed by atoms with Gasteiger partial charge in [0, 0.05) is 31.2 Å². The molecule has 2 unspecified atom stereocenters. The molecule has 0 aliphatic carbocycles. The van der Waals surface area contributed by atoms with Gasteiger partial charge >= 0.3 is 0 Å². The lowest BCUT2D eigenvalue weighted by Gasteiger charge is -2.34. The van der Waals surface area contributed by atoms with Crippen molar-refractivity contribution in [1.29, 1.82) is 0 Å². The SMILES string of the molecule is NCCc1cc(F)c(N2CC3CCC(C2)N3)cc1F. The minimum atomic E-state index is -0.354. The van der Waals surface area contributed by atoms with Gasteiger partial charge in [-0.3, -0.25) is 0 Å². The molecule has 2 atom stereocenters. The van der Waals surface area contributed by atoms with Crippen LogP contribution in [0.1, 0.15) is 18.4 Å². The van der Waals surface area contributed by atoms with Crippen molar-refractivity contribution in [3.8, 4) is 0 Å². The van der Waals surface area contributed by atoms with Crippen LogP contribution in [0.15, 0.2) is 12.1 Å². The molecular formula is C14H19F2N3. The summed E-state index contributed by atoms with van der Waals surface area (Å²) in [5, 5.41) is 3.48. The van der Waals surface area contributed by atoms with E-state index in [9.17, 15) is 8.78 Å². The molecule has 2 bridgehead atoms. The molecule has 0 amide bonds. The van der Waals surface area contributed by atoms with Crippen LogP contribution in [0, 0.1) is 11.6 Å². The third-order valence-corrected chi connectivity index (χ3v) is 4.09. The molecule has 2 heterocycles. The molecule has 2 saturated heterocycles. The first kappa shape index (κ1) is 12.8. The molecule has 0 spiro atoms. The number of fused-ring (bicyclic) bond motifs is 2. The second kappa shape index (κ2) is 5.06. The maximum absolute atomic E-state index is 14.1. The van der Waals surface area contributed by atoms with E-state index in [1.807, 2.05) is 4.90 Å². The lowest BCUT2D eigenvalue weighted by atomic mass is 10.1. The maximum Gasteiger partial charge on any atom is 0.146 e. The Kier molecular flexibility index (Phi) is 3.41. The molecule has 5 heteroatoms. The van der Waals surface area contributed by atoms with Gasteiger partial charge in [-0.25, -0.2) is 8.78 Å². The number of rotatable bonds is 3. The van der Waals surface area contributed by atoms with Gasteiger partial charge in [0.2, 0.25) is 0 Å². The molecule has 1 aromatic rings. The van der Waals surface area contributed by atoms with Crippen molar-refractivity contribution in [2.24, 2.45) is 5.73 Å². The molecule has 0 saturated carbocycles. The Morgan fingerprint density at radius 1 is 1.16 bits per heavy atom. The van der Waals surface area contributed by atoms with Gasteiger partial charge in [-0.2, -0.15) is 0 Å². The fourth-order valence-electron chi connectivity index (χ4n) is 3.16. The van der Waals surface area contributed by atoms with E-state index in [2.05, 4.69) is 5.32 Å². The molecule has 3 N–H and O–H groups in total. The van der Waals surface area contributed by atoms with Crippen LogP contribution >= 0.6 is 0 Å². The van der Waals surface area contributed by atoms with E-state index < -0.39 is 0 Å². The van der Waals surface area contributed by atoms with Gasteiger partial charge in [-0.1, -0.05) is 0 Å². The van der Waals surface area contributed by atoms with Crippen molar-refractivity contribution in [2.75, 3.05) is 24.5 Å². The number of piperazine rings is 1. The predicted molar refractivity (Wildman–Crippen MR) is 71.3 cm³/mol. The molecule has 19 heavy (non-hydrogen) atoms. The standard InChI is InChI=1S/C14H19F2N3/c15-12-6-14(13(16)5-9(12)3-4-17)19-7-10-1-2-11(8-19)18-10/h5-6,10-11,18H,1-4,7-8,17H2. The first-order valence-corrected chi connectivity index (χ1v) is 6.86. The molecule has 1 aromatic carbocycles. The van der Waals surface area contributed by atoms with Crippen LogP contribution in [-0.4, -0.2) is 31.7 Å². The highest BCUT2D eigenvalue weighted by Gasteiger charge is 2.33. The van der Waals surface area contributed by atoms with E-state index >= 15 is 0 Å². The molecule has 2 aliphatic heterocycles. The minimum Gasteiger partial charge on any atom is -0.366 e. The molecule has 0 radical (unpaired) electrons. The minimum absolute atomic E-state index is 0.327. The fourth-order valence-corrected chi connectivity index (χ4v) is 3.16. The number of nitrogens with one attached hydrogen (secondary N) is 1.